The van der Waals surface area contributed by atoms with E-state index in [1.54, 1.807) is 6.20 Å². The smallest absolute Gasteiger partial charge is 0.225 e. The topological polar surface area (TPSA) is 67.2 Å². The number of amides is 2. The zero-order chi connectivity index (χ0) is 22.6. The van der Waals surface area contributed by atoms with Gasteiger partial charge in [0.15, 0.2) is 0 Å². The van der Waals surface area contributed by atoms with E-state index in [0.717, 1.165) is 55.5 Å². The molecule has 1 aliphatic carbocycles. The summed E-state index contributed by atoms with van der Waals surface area (Å²) in [6.45, 7) is 2.57. The molecule has 1 saturated heterocycles. The predicted octanol–water partition coefficient (Wildman–Crippen LogP) is 3.86. The van der Waals surface area contributed by atoms with E-state index < -0.39 is 0 Å². The Morgan fingerprint density at radius 2 is 1.79 bits per heavy atom. The summed E-state index contributed by atoms with van der Waals surface area (Å²) in [5, 5.41) is 7.40. The molecule has 2 aliphatic rings. The minimum atomic E-state index is -0.116. The average Bonchev–Trinajstić information content (AvgIpc) is 3.59. The van der Waals surface area contributed by atoms with Crippen molar-refractivity contribution in [2.24, 2.45) is 11.8 Å². The van der Waals surface area contributed by atoms with E-state index in [1.807, 2.05) is 34.0 Å². The van der Waals surface area contributed by atoms with E-state index in [1.165, 1.54) is 5.56 Å². The summed E-state index contributed by atoms with van der Waals surface area (Å²) in [6.07, 6.45) is 7.51. The lowest BCUT2D eigenvalue weighted by Crippen LogP contribution is -2.45. The third-order valence-corrected chi connectivity index (χ3v) is 6.67. The molecule has 1 N–H and O–H groups in total. The maximum absolute atomic E-state index is 12.9. The number of nitrogens with one attached hydrogen (secondary N) is 1. The molecule has 2 fully saturated rings. The number of hydrogen-bond acceptors (Lipinski definition) is 3. The molecule has 0 bridgehead atoms. The third kappa shape index (κ3) is 5.16. The maximum Gasteiger partial charge on any atom is 0.225 e. The van der Waals surface area contributed by atoms with Crippen LogP contribution in [0.3, 0.4) is 0 Å². The molecule has 1 aromatic heterocycles. The monoisotopic (exact) mass is 442 g/mol. The highest BCUT2D eigenvalue weighted by Crippen LogP contribution is 2.32. The zero-order valence-electron chi connectivity index (χ0n) is 18.8. The Morgan fingerprint density at radius 1 is 0.970 bits per heavy atom. The molecule has 0 radical (unpaired) electrons. The van der Waals surface area contributed by atoms with Crippen LogP contribution in [0, 0.1) is 11.8 Å². The van der Waals surface area contributed by atoms with Crippen LogP contribution < -0.4 is 5.32 Å². The molecule has 33 heavy (non-hydrogen) atoms. The van der Waals surface area contributed by atoms with E-state index in [0.29, 0.717) is 13.1 Å². The summed E-state index contributed by atoms with van der Waals surface area (Å²) in [5.41, 5.74) is 4.53. The highest BCUT2D eigenvalue weighted by molar-refractivity contribution is 5.83. The molecule has 6 nitrogen and oxygen atoms in total. The fourth-order valence-electron chi connectivity index (χ4n) is 4.63. The Balaban J connectivity index is 1.22. The molecule has 1 atom stereocenters. The Kier molecular flexibility index (Phi) is 6.24. The van der Waals surface area contributed by atoms with Crippen LogP contribution >= 0.6 is 0 Å². The molecule has 1 saturated carbocycles. The van der Waals surface area contributed by atoms with Crippen molar-refractivity contribution in [1.29, 1.82) is 0 Å². The molecular weight excluding hydrogens is 412 g/mol. The summed E-state index contributed by atoms with van der Waals surface area (Å²) < 4.78 is 1.91. The van der Waals surface area contributed by atoms with Gasteiger partial charge in [-0.15, -0.1) is 0 Å². The van der Waals surface area contributed by atoms with Crippen LogP contribution in [0.4, 0.5) is 0 Å². The number of hydrogen-bond donors (Lipinski definition) is 1. The molecule has 1 aliphatic heterocycles. The van der Waals surface area contributed by atoms with E-state index >= 15 is 0 Å². The van der Waals surface area contributed by atoms with Gasteiger partial charge < -0.3 is 10.2 Å². The third-order valence-electron chi connectivity index (χ3n) is 6.67. The van der Waals surface area contributed by atoms with Crippen LogP contribution in [0.1, 0.15) is 36.8 Å². The summed E-state index contributed by atoms with van der Waals surface area (Å²) >= 11 is 0. The molecule has 2 aromatic carbocycles. The maximum atomic E-state index is 12.9. The summed E-state index contributed by atoms with van der Waals surface area (Å²) in [4.78, 5) is 27.2. The van der Waals surface area contributed by atoms with Gasteiger partial charge in [0.1, 0.15) is 0 Å². The molecule has 6 heteroatoms. The van der Waals surface area contributed by atoms with E-state index in [9.17, 15) is 9.59 Å². The minimum Gasteiger partial charge on any atom is -0.352 e. The van der Waals surface area contributed by atoms with Gasteiger partial charge in [0.05, 0.1) is 12.5 Å². The lowest BCUT2D eigenvalue weighted by atomic mass is 9.96. The Morgan fingerprint density at radius 3 is 2.55 bits per heavy atom. The first-order chi connectivity index (χ1) is 16.2. The fraction of sp³-hybridized carbons (Fsp3) is 0.370. The van der Waals surface area contributed by atoms with Gasteiger partial charge in [0, 0.05) is 37.9 Å². The lowest BCUT2D eigenvalue weighted by molar-refractivity contribution is -0.136. The van der Waals surface area contributed by atoms with Crippen LogP contribution in [-0.4, -0.2) is 39.6 Å². The van der Waals surface area contributed by atoms with Gasteiger partial charge in [-0.25, -0.2) is 0 Å². The Labute approximate surface area is 194 Å². The van der Waals surface area contributed by atoms with Gasteiger partial charge in [0.2, 0.25) is 11.8 Å². The van der Waals surface area contributed by atoms with Gasteiger partial charge in [-0.3, -0.25) is 14.3 Å². The van der Waals surface area contributed by atoms with Crippen molar-refractivity contribution in [2.75, 3.05) is 13.1 Å². The number of aromatic nitrogens is 2. The number of carbonyl (C=O) groups excluding carboxylic acids is 2. The van der Waals surface area contributed by atoms with Gasteiger partial charge in [-0.1, -0.05) is 48.5 Å². The lowest BCUT2D eigenvalue weighted by Gasteiger charge is -2.32. The van der Waals surface area contributed by atoms with Crippen molar-refractivity contribution in [3.05, 3.63) is 78.1 Å². The van der Waals surface area contributed by atoms with Crippen LogP contribution in [0.25, 0.3) is 11.1 Å². The largest absolute Gasteiger partial charge is 0.352 e. The minimum absolute atomic E-state index is 0.0488. The van der Waals surface area contributed by atoms with Crippen LogP contribution in [0.15, 0.2) is 67.0 Å². The first-order valence-electron chi connectivity index (χ1n) is 11.9. The molecular formula is C27H30N4O2. The highest BCUT2D eigenvalue weighted by Gasteiger charge is 2.36. The van der Waals surface area contributed by atoms with E-state index in [4.69, 9.17) is 0 Å². The van der Waals surface area contributed by atoms with Gasteiger partial charge >= 0.3 is 0 Å². The fourth-order valence-corrected chi connectivity index (χ4v) is 4.63. The van der Waals surface area contributed by atoms with Crippen molar-refractivity contribution in [2.45, 2.75) is 38.8 Å². The average molecular weight is 443 g/mol. The molecule has 0 spiro atoms. The van der Waals surface area contributed by atoms with Crippen molar-refractivity contribution in [1.82, 2.24) is 20.0 Å². The van der Waals surface area contributed by atoms with Crippen molar-refractivity contribution in [3.63, 3.8) is 0 Å². The summed E-state index contributed by atoms with van der Waals surface area (Å²) in [5.74, 6) is 0.390. The summed E-state index contributed by atoms with van der Waals surface area (Å²) in [7, 11) is 0. The normalized spacial score (nSPS) is 18.2. The molecule has 2 heterocycles. The van der Waals surface area contributed by atoms with Crippen molar-refractivity contribution >= 4 is 11.8 Å². The Hall–Kier alpha value is -3.41. The van der Waals surface area contributed by atoms with Gasteiger partial charge in [0.25, 0.3) is 0 Å². The van der Waals surface area contributed by atoms with Gasteiger partial charge in [-0.2, -0.15) is 5.10 Å². The first kappa shape index (κ1) is 21.4. The number of likely N-dealkylation sites (tertiary alicyclic amines) is 1. The summed E-state index contributed by atoms with van der Waals surface area (Å²) in [6, 6.07) is 18.6. The zero-order valence-corrected chi connectivity index (χ0v) is 18.8. The first-order valence-corrected chi connectivity index (χ1v) is 11.9. The number of nitrogens with zero attached hydrogens (tertiary/aromatic N) is 3. The molecule has 2 amide bonds. The van der Waals surface area contributed by atoms with E-state index in [2.05, 4.69) is 46.8 Å². The van der Waals surface area contributed by atoms with Crippen molar-refractivity contribution < 1.29 is 9.59 Å². The van der Waals surface area contributed by atoms with Crippen LogP contribution in [-0.2, 0) is 22.7 Å². The quantitative estimate of drug-likeness (QED) is 0.604. The van der Waals surface area contributed by atoms with Crippen molar-refractivity contribution in [3.8, 4) is 11.1 Å². The second-order valence-electron chi connectivity index (χ2n) is 9.17. The Bertz CT molecular complexity index is 1100. The predicted molar refractivity (Wildman–Crippen MR) is 127 cm³/mol. The highest BCUT2D eigenvalue weighted by atomic mass is 16.2. The van der Waals surface area contributed by atoms with E-state index in [-0.39, 0.29) is 23.7 Å². The second kappa shape index (κ2) is 9.61. The van der Waals surface area contributed by atoms with Crippen LogP contribution in [0.2, 0.25) is 0 Å². The van der Waals surface area contributed by atoms with Gasteiger partial charge in [-0.05, 0) is 54.0 Å². The second-order valence-corrected chi connectivity index (χ2v) is 9.17. The molecule has 170 valence electrons. The molecule has 3 aromatic rings. The molecule has 1 unspecified atom stereocenters. The molecule has 5 rings (SSSR count). The number of carbonyl (C=O) groups is 2. The number of rotatable bonds is 7. The van der Waals surface area contributed by atoms with Crippen LogP contribution in [0.5, 0.6) is 0 Å². The number of piperidine rings is 1. The SMILES string of the molecule is O=C(NCc1ccccc1-c1ccc(Cn2cccn2)cc1)C1CCCN(C(=O)C2CC2)C1. The number of benzene rings is 2. The standard InChI is InChI=1S/C27H30N4O2/c32-26(24-6-3-15-30(19-24)27(33)22-12-13-22)28-17-23-5-1-2-7-25(23)21-10-8-20(9-11-21)18-31-16-4-14-29-31/h1-2,4-5,7-11,14,16,22,24H,3,6,12-13,15,17-19H2,(H,28,32).